The molecule has 0 radical (unpaired) electrons. The van der Waals surface area contributed by atoms with Crippen molar-refractivity contribution in [3.8, 4) is 0 Å². The van der Waals surface area contributed by atoms with Gasteiger partial charge in [0.1, 0.15) is 11.5 Å². The molecule has 152 valence electrons. The zero-order valence-electron chi connectivity index (χ0n) is 16.3. The predicted octanol–water partition coefficient (Wildman–Crippen LogP) is 3.10. The smallest absolute Gasteiger partial charge is 0.248 e. The van der Waals surface area contributed by atoms with E-state index in [2.05, 4.69) is 14.9 Å². The molecular weight excluding hydrogens is 400 g/mol. The summed E-state index contributed by atoms with van der Waals surface area (Å²) in [5, 5.41) is -0.479. The van der Waals surface area contributed by atoms with Gasteiger partial charge in [-0.05, 0) is 42.9 Å². The number of allylic oxidation sites excluding steroid dienone is 3. The van der Waals surface area contributed by atoms with Gasteiger partial charge in [0.05, 0.1) is 11.6 Å². The van der Waals surface area contributed by atoms with Gasteiger partial charge in [0, 0.05) is 41.7 Å². The van der Waals surface area contributed by atoms with Crippen LogP contribution in [0.3, 0.4) is 0 Å². The summed E-state index contributed by atoms with van der Waals surface area (Å²) in [5.41, 5.74) is 10.1. The van der Waals surface area contributed by atoms with Crippen LogP contribution in [0.2, 0.25) is 0 Å². The molecular formula is C22H21ClN6O. The molecule has 0 saturated carbocycles. The monoisotopic (exact) mass is 420 g/mol. The maximum absolute atomic E-state index is 11.8. The van der Waals surface area contributed by atoms with Gasteiger partial charge in [-0.1, -0.05) is 12.2 Å². The van der Waals surface area contributed by atoms with Crippen molar-refractivity contribution in [3.63, 3.8) is 0 Å². The Labute approximate surface area is 178 Å². The van der Waals surface area contributed by atoms with Gasteiger partial charge in [0.25, 0.3) is 0 Å². The predicted molar refractivity (Wildman–Crippen MR) is 118 cm³/mol. The Balaban J connectivity index is 1.37. The number of aromatic amines is 1. The van der Waals surface area contributed by atoms with E-state index in [0.29, 0.717) is 23.6 Å². The third kappa shape index (κ3) is 2.69. The van der Waals surface area contributed by atoms with Crippen LogP contribution in [0.4, 0.5) is 11.6 Å². The highest BCUT2D eigenvalue weighted by atomic mass is 35.5. The molecule has 3 N–H and O–H groups in total. The fourth-order valence-electron chi connectivity index (χ4n) is 5.27. The number of rotatable bonds is 1. The number of nitrogens with one attached hydrogen (secondary N) is 1. The van der Waals surface area contributed by atoms with Crippen LogP contribution in [0.15, 0.2) is 39.8 Å². The highest BCUT2D eigenvalue weighted by molar-refractivity contribution is 6.27. The molecule has 8 heteroatoms. The van der Waals surface area contributed by atoms with Crippen molar-refractivity contribution in [2.75, 3.05) is 4.90 Å². The molecule has 30 heavy (non-hydrogen) atoms. The first-order valence-corrected chi connectivity index (χ1v) is 10.8. The van der Waals surface area contributed by atoms with Gasteiger partial charge in [-0.3, -0.25) is 4.79 Å². The van der Waals surface area contributed by atoms with Crippen LogP contribution in [0.5, 0.6) is 0 Å². The number of aromatic nitrogens is 3. The third-order valence-corrected chi connectivity index (χ3v) is 7.06. The van der Waals surface area contributed by atoms with Crippen molar-refractivity contribution < 1.29 is 0 Å². The van der Waals surface area contributed by atoms with E-state index >= 15 is 0 Å². The number of fused-ring (bicyclic) bond motifs is 4. The average molecular weight is 421 g/mol. The molecule has 3 aliphatic heterocycles. The lowest BCUT2D eigenvalue weighted by Crippen LogP contribution is -2.47. The van der Waals surface area contributed by atoms with Gasteiger partial charge < -0.3 is 15.6 Å². The van der Waals surface area contributed by atoms with Crippen LogP contribution in [0.1, 0.15) is 48.0 Å². The number of anilines is 1. The van der Waals surface area contributed by atoms with Gasteiger partial charge in [0.2, 0.25) is 5.56 Å². The average Bonchev–Trinajstić information content (AvgIpc) is 3.27. The maximum atomic E-state index is 11.8. The Morgan fingerprint density at radius 3 is 2.77 bits per heavy atom. The Hall–Kier alpha value is -2.77. The molecule has 2 saturated heterocycles. The number of pyridine rings is 1. The molecule has 0 spiro atoms. The minimum atomic E-state index is -0.479. The van der Waals surface area contributed by atoms with Crippen LogP contribution >= 0.6 is 11.6 Å². The minimum absolute atomic E-state index is 0.167. The van der Waals surface area contributed by atoms with Crippen LogP contribution in [-0.4, -0.2) is 39.3 Å². The van der Waals surface area contributed by atoms with E-state index in [-0.39, 0.29) is 11.6 Å². The molecule has 6 rings (SSSR count). The minimum Gasteiger partial charge on any atom is -0.349 e. The van der Waals surface area contributed by atoms with E-state index in [1.54, 1.807) is 12.3 Å². The van der Waals surface area contributed by atoms with E-state index in [1.165, 1.54) is 6.07 Å². The number of nitrogens with two attached hydrogens (primary N) is 1. The van der Waals surface area contributed by atoms with Gasteiger partial charge in [-0.2, -0.15) is 0 Å². The Bertz CT molecular complexity index is 1180. The maximum Gasteiger partial charge on any atom is 0.248 e. The molecule has 4 atom stereocenters. The van der Waals surface area contributed by atoms with Crippen molar-refractivity contribution in [2.45, 2.75) is 49.2 Å². The number of nitrogens with zero attached hydrogens (tertiary/aromatic N) is 4. The van der Waals surface area contributed by atoms with E-state index in [9.17, 15) is 4.79 Å². The zero-order chi connectivity index (χ0) is 20.4. The highest BCUT2D eigenvalue weighted by Crippen LogP contribution is 2.43. The van der Waals surface area contributed by atoms with Crippen LogP contribution in [-0.2, 0) is 0 Å². The fraction of sp³-hybridized carbons (Fsp3) is 0.364. The summed E-state index contributed by atoms with van der Waals surface area (Å²) in [4.78, 5) is 31.1. The lowest BCUT2D eigenvalue weighted by molar-refractivity contribution is 0.412. The molecule has 5 heterocycles. The first-order valence-electron chi connectivity index (χ1n) is 10.3. The van der Waals surface area contributed by atoms with Crippen LogP contribution in [0, 0.1) is 0 Å². The van der Waals surface area contributed by atoms with E-state index in [4.69, 9.17) is 27.3 Å². The topological polar surface area (TPSA) is 100 Å². The largest absolute Gasteiger partial charge is 0.349 e. The molecule has 4 aliphatic rings. The molecule has 2 aromatic heterocycles. The summed E-state index contributed by atoms with van der Waals surface area (Å²) in [6, 6.07) is 4.45. The second-order valence-corrected chi connectivity index (χ2v) is 8.88. The Kier molecular flexibility index (Phi) is 3.98. The summed E-state index contributed by atoms with van der Waals surface area (Å²) < 4.78 is 0. The highest BCUT2D eigenvalue weighted by Gasteiger charge is 2.41. The SMILES string of the molecule is NC1C[C@H]2CC[C@@H](C1)N2c1cnc2c(n1)N=C/C2=C1/C=Cc2ccc(=O)[nH]c2C1Cl. The number of alkyl halides is 1. The number of hydrogen-bond donors (Lipinski definition) is 2. The second-order valence-electron chi connectivity index (χ2n) is 8.44. The number of piperidine rings is 1. The van der Waals surface area contributed by atoms with E-state index in [0.717, 1.165) is 53.9 Å². The lowest BCUT2D eigenvalue weighted by atomic mass is 9.93. The molecule has 2 bridgehead atoms. The van der Waals surface area contributed by atoms with Crippen LogP contribution < -0.4 is 16.2 Å². The summed E-state index contributed by atoms with van der Waals surface area (Å²) in [5.74, 6) is 1.50. The number of H-pyrrole nitrogens is 1. The van der Waals surface area contributed by atoms with Crippen LogP contribution in [0.25, 0.3) is 11.6 Å². The van der Waals surface area contributed by atoms with E-state index in [1.807, 2.05) is 18.3 Å². The number of halogens is 1. The van der Waals surface area contributed by atoms with Crippen molar-refractivity contribution in [1.82, 2.24) is 15.0 Å². The Morgan fingerprint density at radius 2 is 1.97 bits per heavy atom. The number of hydrogen-bond acceptors (Lipinski definition) is 6. The first-order chi connectivity index (χ1) is 14.6. The molecule has 2 fully saturated rings. The summed E-state index contributed by atoms with van der Waals surface area (Å²) in [6.45, 7) is 0. The standard InChI is InChI=1S/C22H21ClN6O/c23-19-15(5-1-11-2-6-18(30)28-20(11)19)16-9-26-22-21(16)25-10-17(27-22)29-13-3-4-14(29)8-12(24)7-13/h1-2,5-6,9-10,12-14,19H,3-4,7-8,24H2,(H,28,30)/b16-15+/t12?,13-,14+,19?. The zero-order valence-corrected chi connectivity index (χ0v) is 17.0. The third-order valence-electron chi connectivity index (χ3n) is 6.61. The van der Waals surface area contributed by atoms with Gasteiger partial charge in [-0.25, -0.2) is 15.0 Å². The molecule has 2 aromatic rings. The van der Waals surface area contributed by atoms with Gasteiger partial charge >= 0.3 is 0 Å². The summed E-state index contributed by atoms with van der Waals surface area (Å²) in [6.07, 6.45) is 11.9. The first kappa shape index (κ1) is 18.0. The number of aliphatic imine (C=N–C) groups is 1. The van der Waals surface area contributed by atoms with Crippen molar-refractivity contribution in [2.24, 2.45) is 10.7 Å². The van der Waals surface area contributed by atoms with E-state index < -0.39 is 5.38 Å². The Morgan fingerprint density at radius 1 is 1.17 bits per heavy atom. The second kappa shape index (κ2) is 6.62. The molecule has 0 aromatic carbocycles. The van der Waals surface area contributed by atoms with Crippen molar-refractivity contribution in [3.05, 3.63) is 57.3 Å². The van der Waals surface area contributed by atoms with Gasteiger partial charge in [-0.15, -0.1) is 11.6 Å². The van der Waals surface area contributed by atoms with Crippen molar-refractivity contribution in [1.29, 1.82) is 0 Å². The quantitative estimate of drug-likeness (QED) is 0.690. The molecule has 7 nitrogen and oxygen atoms in total. The normalized spacial score (nSPS) is 31.2. The lowest BCUT2D eigenvalue weighted by Gasteiger charge is -2.38. The summed E-state index contributed by atoms with van der Waals surface area (Å²) >= 11 is 6.74. The summed E-state index contributed by atoms with van der Waals surface area (Å²) in [7, 11) is 0. The fourth-order valence-corrected chi connectivity index (χ4v) is 5.64. The molecule has 2 unspecified atom stereocenters. The molecule has 0 amide bonds. The molecule has 1 aliphatic carbocycles. The van der Waals surface area contributed by atoms with Crippen molar-refractivity contribution >= 4 is 41.1 Å². The van der Waals surface area contributed by atoms with Gasteiger partial charge in [0.15, 0.2) is 5.82 Å².